The Morgan fingerprint density at radius 3 is 2.33 bits per heavy atom. The third kappa shape index (κ3) is 6.73. The van der Waals surface area contributed by atoms with Gasteiger partial charge in [0.15, 0.2) is 0 Å². The Labute approximate surface area is 184 Å². The van der Waals surface area contributed by atoms with Gasteiger partial charge in [0.25, 0.3) is 0 Å². The number of nitrogens with zero attached hydrogens (tertiary/aromatic N) is 1. The summed E-state index contributed by atoms with van der Waals surface area (Å²) in [6.45, 7) is 3.64. The molecule has 0 saturated heterocycles. The molecule has 8 heteroatoms. The summed E-state index contributed by atoms with van der Waals surface area (Å²) in [5.41, 5.74) is 0.919. The molecule has 0 spiro atoms. The monoisotopic (exact) mass is 445 g/mol. The van der Waals surface area contributed by atoms with E-state index in [2.05, 4.69) is 10.6 Å². The number of likely N-dealkylation sites (N-methyl/N-ethyl adjacent to an activating group) is 1. The predicted molar refractivity (Wildman–Crippen MR) is 119 cm³/mol. The van der Waals surface area contributed by atoms with E-state index in [4.69, 9.17) is 16.0 Å². The maximum atomic E-state index is 12.3. The number of hydrogen-bond acceptors (Lipinski definition) is 5. The number of halogens is 1. The van der Waals surface area contributed by atoms with Gasteiger partial charge in [0, 0.05) is 15.5 Å². The average molecular weight is 446 g/mol. The van der Waals surface area contributed by atoms with Crippen molar-refractivity contribution in [2.24, 2.45) is 0 Å². The van der Waals surface area contributed by atoms with Gasteiger partial charge in [0.1, 0.15) is 11.5 Å². The van der Waals surface area contributed by atoms with Gasteiger partial charge in [0.2, 0.25) is 11.8 Å². The highest BCUT2D eigenvalue weighted by molar-refractivity contribution is 7.09. The summed E-state index contributed by atoms with van der Waals surface area (Å²) >= 11 is 7.51. The minimum absolute atomic E-state index is 0.100. The van der Waals surface area contributed by atoms with Crippen LogP contribution in [0, 0.1) is 0 Å². The summed E-state index contributed by atoms with van der Waals surface area (Å²) in [6.07, 6.45) is 0. The number of thiophene rings is 1. The number of rotatable bonds is 10. The smallest absolute Gasteiger partial charge is 0.234 e. The Morgan fingerprint density at radius 1 is 1.00 bits per heavy atom. The molecule has 2 amide bonds. The van der Waals surface area contributed by atoms with E-state index in [9.17, 15) is 9.59 Å². The number of amides is 2. The minimum Gasteiger partial charge on any atom is -0.459 e. The molecule has 3 aromatic rings. The first-order chi connectivity index (χ1) is 14.5. The molecule has 0 saturated carbocycles. The van der Waals surface area contributed by atoms with Crippen LogP contribution in [0.1, 0.15) is 17.6 Å². The van der Waals surface area contributed by atoms with Crippen molar-refractivity contribution in [1.29, 1.82) is 0 Å². The first-order valence-electron chi connectivity index (χ1n) is 9.66. The number of carbonyl (C=O) groups is 2. The van der Waals surface area contributed by atoms with Crippen molar-refractivity contribution < 1.29 is 14.0 Å². The number of furan rings is 1. The third-order valence-electron chi connectivity index (χ3n) is 4.47. The maximum absolute atomic E-state index is 12.3. The van der Waals surface area contributed by atoms with E-state index in [0.717, 1.165) is 10.4 Å². The Balaban J connectivity index is 1.42. The highest BCUT2D eigenvalue weighted by Crippen LogP contribution is 2.23. The van der Waals surface area contributed by atoms with Crippen LogP contribution in [-0.4, -0.2) is 36.3 Å². The molecule has 30 heavy (non-hydrogen) atoms. The molecule has 0 aliphatic heterocycles. The molecule has 2 aromatic heterocycles. The van der Waals surface area contributed by atoms with Gasteiger partial charge in [-0.25, -0.2) is 0 Å². The van der Waals surface area contributed by atoms with Gasteiger partial charge in [-0.1, -0.05) is 24.6 Å². The Bertz CT molecular complexity index is 954. The second-order valence-corrected chi connectivity index (χ2v) is 8.18. The second-order valence-electron chi connectivity index (χ2n) is 6.71. The molecule has 0 radical (unpaired) electrons. The molecule has 0 aliphatic carbocycles. The van der Waals surface area contributed by atoms with Gasteiger partial charge in [0.05, 0.1) is 26.2 Å². The zero-order valence-electron chi connectivity index (χ0n) is 16.7. The Hall–Kier alpha value is -2.61. The van der Waals surface area contributed by atoms with E-state index in [-0.39, 0.29) is 31.4 Å². The van der Waals surface area contributed by atoms with Crippen LogP contribution in [0.5, 0.6) is 0 Å². The zero-order valence-corrected chi connectivity index (χ0v) is 18.3. The predicted octanol–water partition coefficient (Wildman–Crippen LogP) is 3.92. The summed E-state index contributed by atoms with van der Waals surface area (Å²) in [6, 6.07) is 15.0. The van der Waals surface area contributed by atoms with Gasteiger partial charge in [-0.2, -0.15) is 0 Å². The fourth-order valence-electron chi connectivity index (χ4n) is 2.82. The number of nitrogens with one attached hydrogen (secondary N) is 2. The molecule has 3 rings (SSSR count). The van der Waals surface area contributed by atoms with Gasteiger partial charge < -0.3 is 15.1 Å². The molecule has 0 aliphatic rings. The third-order valence-corrected chi connectivity index (χ3v) is 5.60. The summed E-state index contributed by atoms with van der Waals surface area (Å²) in [7, 11) is 0. The number of carbonyl (C=O) groups excluding carboxylic acids is 2. The first-order valence-corrected chi connectivity index (χ1v) is 10.9. The standard InChI is InChI=1S/C22H24ClN3O3S/c1-2-26(15-22(28)25-13-19-4-3-11-30-19)14-21(27)24-12-18-9-10-20(29-18)16-5-7-17(23)8-6-16/h3-11H,2,12-15H2,1H3,(H,24,27)(H,25,28). The molecule has 158 valence electrons. The topological polar surface area (TPSA) is 74.6 Å². The number of benzene rings is 1. The van der Waals surface area contributed by atoms with Crippen LogP contribution in [0.4, 0.5) is 0 Å². The minimum atomic E-state index is -0.160. The van der Waals surface area contributed by atoms with Crippen LogP contribution in [0.3, 0.4) is 0 Å². The summed E-state index contributed by atoms with van der Waals surface area (Å²) < 4.78 is 5.79. The van der Waals surface area contributed by atoms with Gasteiger partial charge in [-0.3, -0.25) is 14.5 Å². The molecule has 0 unspecified atom stereocenters. The molecule has 6 nitrogen and oxygen atoms in total. The average Bonchev–Trinajstić information content (AvgIpc) is 3.43. The zero-order chi connectivity index (χ0) is 21.3. The van der Waals surface area contributed by atoms with Crippen molar-refractivity contribution in [3.63, 3.8) is 0 Å². The molecule has 2 N–H and O–H groups in total. The van der Waals surface area contributed by atoms with E-state index in [1.165, 1.54) is 0 Å². The van der Waals surface area contributed by atoms with Crippen LogP contribution < -0.4 is 10.6 Å². The summed E-state index contributed by atoms with van der Waals surface area (Å²) in [4.78, 5) is 27.3. The highest BCUT2D eigenvalue weighted by Gasteiger charge is 2.14. The van der Waals surface area contributed by atoms with E-state index >= 15 is 0 Å². The molecule has 0 bridgehead atoms. The molecule has 2 heterocycles. The van der Waals surface area contributed by atoms with Gasteiger partial charge in [-0.15, -0.1) is 11.3 Å². The molecule has 1 aromatic carbocycles. The van der Waals surface area contributed by atoms with Crippen molar-refractivity contribution in [3.8, 4) is 11.3 Å². The van der Waals surface area contributed by atoms with Crippen molar-refractivity contribution in [2.75, 3.05) is 19.6 Å². The molecular weight excluding hydrogens is 422 g/mol. The maximum Gasteiger partial charge on any atom is 0.234 e. The van der Waals surface area contributed by atoms with Crippen molar-refractivity contribution in [2.45, 2.75) is 20.0 Å². The van der Waals surface area contributed by atoms with E-state index in [0.29, 0.717) is 29.6 Å². The van der Waals surface area contributed by atoms with E-state index < -0.39 is 0 Å². The lowest BCUT2D eigenvalue weighted by molar-refractivity contribution is -0.125. The largest absolute Gasteiger partial charge is 0.459 e. The van der Waals surface area contributed by atoms with Crippen LogP contribution in [0.2, 0.25) is 5.02 Å². The van der Waals surface area contributed by atoms with Gasteiger partial charge in [-0.05, 0) is 54.4 Å². The normalized spacial score (nSPS) is 10.9. The quantitative estimate of drug-likeness (QED) is 0.496. The second kappa shape index (κ2) is 11.0. The van der Waals surface area contributed by atoms with Crippen LogP contribution in [0.15, 0.2) is 58.3 Å². The highest BCUT2D eigenvalue weighted by atomic mass is 35.5. The first kappa shape index (κ1) is 22.1. The van der Waals surface area contributed by atoms with Crippen molar-refractivity contribution in [1.82, 2.24) is 15.5 Å². The molecule has 0 fully saturated rings. The Kier molecular flexibility index (Phi) is 8.07. The lowest BCUT2D eigenvalue weighted by Gasteiger charge is -2.19. The summed E-state index contributed by atoms with van der Waals surface area (Å²) in [5.74, 6) is 1.11. The number of hydrogen-bond donors (Lipinski definition) is 2. The summed E-state index contributed by atoms with van der Waals surface area (Å²) in [5, 5.41) is 8.36. The lowest BCUT2D eigenvalue weighted by atomic mass is 10.2. The van der Waals surface area contributed by atoms with Gasteiger partial charge >= 0.3 is 0 Å². The fraction of sp³-hybridized carbons (Fsp3) is 0.273. The van der Waals surface area contributed by atoms with Crippen LogP contribution in [-0.2, 0) is 22.7 Å². The Morgan fingerprint density at radius 2 is 1.70 bits per heavy atom. The SMILES string of the molecule is CCN(CC(=O)NCc1ccc(-c2ccc(Cl)cc2)o1)CC(=O)NCc1cccs1. The molecular formula is C22H24ClN3O3S. The van der Waals surface area contributed by atoms with Crippen molar-refractivity contribution in [3.05, 3.63) is 69.6 Å². The van der Waals surface area contributed by atoms with Crippen LogP contribution >= 0.6 is 22.9 Å². The lowest BCUT2D eigenvalue weighted by Crippen LogP contribution is -2.42. The fourth-order valence-corrected chi connectivity index (χ4v) is 3.59. The van der Waals surface area contributed by atoms with E-state index in [1.54, 1.807) is 28.4 Å². The van der Waals surface area contributed by atoms with Crippen LogP contribution in [0.25, 0.3) is 11.3 Å². The van der Waals surface area contributed by atoms with Crippen molar-refractivity contribution >= 4 is 34.8 Å². The molecule has 0 atom stereocenters. The van der Waals surface area contributed by atoms with E-state index in [1.807, 2.05) is 48.7 Å².